The van der Waals surface area contributed by atoms with Gasteiger partial charge in [0.1, 0.15) is 11.4 Å². The third-order valence-corrected chi connectivity index (χ3v) is 4.68. The molecule has 0 fully saturated rings. The van der Waals surface area contributed by atoms with Crippen LogP contribution >= 0.6 is 23.2 Å². The molecule has 7 heteroatoms. The van der Waals surface area contributed by atoms with Crippen molar-refractivity contribution >= 4 is 23.2 Å². The van der Waals surface area contributed by atoms with Gasteiger partial charge in [-0.25, -0.2) is 4.39 Å². The van der Waals surface area contributed by atoms with E-state index in [9.17, 15) is 9.50 Å². The fourth-order valence-corrected chi connectivity index (χ4v) is 3.33. The van der Waals surface area contributed by atoms with Crippen molar-refractivity contribution in [1.82, 2.24) is 15.4 Å². The third kappa shape index (κ3) is 2.90. The van der Waals surface area contributed by atoms with Gasteiger partial charge in [0, 0.05) is 21.5 Å². The average molecular weight is 366 g/mol. The molecule has 2 unspecified atom stereocenters. The lowest BCUT2D eigenvalue weighted by Crippen LogP contribution is -2.34. The first-order valence-electron chi connectivity index (χ1n) is 7.22. The van der Waals surface area contributed by atoms with Crippen molar-refractivity contribution in [2.24, 2.45) is 0 Å². The predicted molar refractivity (Wildman–Crippen MR) is 90.7 cm³/mol. The van der Waals surface area contributed by atoms with E-state index >= 15 is 0 Å². The molecule has 3 aromatic rings. The molecule has 1 heterocycles. The fourth-order valence-electron chi connectivity index (χ4n) is 2.77. The molecular weight excluding hydrogens is 352 g/mol. The normalized spacial score (nSPS) is 15.0. The highest BCUT2D eigenvalue weighted by Crippen LogP contribution is 2.44. The van der Waals surface area contributed by atoms with Gasteiger partial charge in [-0.2, -0.15) is 15.4 Å². The first-order valence-corrected chi connectivity index (χ1v) is 7.98. The zero-order valence-corrected chi connectivity index (χ0v) is 14.2. The number of nitrogens with one attached hydrogen (secondary N) is 1. The summed E-state index contributed by atoms with van der Waals surface area (Å²) in [5.74, 6) is -0.891. The third-order valence-electron chi connectivity index (χ3n) is 4.13. The maximum atomic E-state index is 13.3. The zero-order chi connectivity index (χ0) is 17.3. The monoisotopic (exact) mass is 365 g/mol. The zero-order valence-electron chi connectivity index (χ0n) is 12.7. The number of aliphatic hydroxyl groups is 1. The summed E-state index contributed by atoms with van der Waals surface area (Å²) < 4.78 is 13.3. The van der Waals surface area contributed by atoms with E-state index in [1.807, 2.05) is 0 Å². The molecule has 124 valence electrons. The molecule has 0 aliphatic heterocycles. The van der Waals surface area contributed by atoms with Crippen LogP contribution < -0.4 is 0 Å². The Morgan fingerprint density at radius 3 is 2.46 bits per heavy atom. The summed E-state index contributed by atoms with van der Waals surface area (Å²) >= 11 is 12.3. The molecule has 0 aliphatic carbocycles. The summed E-state index contributed by atoms with van der Waals surface area (Å²) in [5.41, 5.74) is -0.0427. The molecule has 2 N–H and O–H groups in total. The lowest BCUT2D eigenvalue weighted by atomic mass is 9.75. The minimum atomic E-state index is -1.54. The van der Waals surface area contributed by atoms with Crippen LogP contribution in [0.15, 0.2) is 48.7 Å². The summed E-state index contributed by atoms with van der Waals surface area (Å²) in [6.45, 7) is 1.80. The second-order valence-electron chi connectivity index (χ2n) is 5.51. The van der Waals surface area contributed by atoms with Crippen LogP contribution in [0.4, 0.5) is 4.39 Å². The van der Waals surface area contributed by atoms with Gasteiger partial charge in [0.05, 0.1) is 11.9 Å². The Morgan fingerprint density at radius 2 is 1.88 bits per heavy atom. The molecule has 24 heavy (non-hydrogen) atoms. The van der Waals surface area contributed by atoms with Gasteiger partial charge in [-0.3, -0.25) is 0 Å². The Kier molecular flexibility index (Phi) is 4.58. The van der Waals surface area contributed by atoms with Crippen molar-refractivity contribution in [1.29, 1.82) is 0 Å². The van der Waals surface area contributed by atoms with Crippen LogP contribution in [-0.2, 0) is 5.60 Å². The van der Waals surface area contributed by atoms with Gasteiger partial charge in [0.25, 0.3) is 0 Å². The van der Waals surface area contributed by atoms with Crippen molar-refractivity contribution < 1.29 is 9.50 Å². The van der Waals surface area contributed by atoms with Gasteiger partial charge in [0.2, 0.25) is 0 Å². The predicted octanol–water partition coefficient (Wildman–Crippen LogP) is 4.29. The van der Waals surface area contributed by atoms with Gasteiger partial charge in [-0.05, 0) is 29.8 Å². The van der Waals surface area contributed by atoms with E-state index in [1.165, 1.54) is 30.5 Å². The molecule has 0 saturated heterocycles. The van der Waals surface area contributed by atoms with Crippen LogP contribution in [0.3, 0.4) is 0 Å². The minimum absolute atomic E-state index is 0.310. The van der Waals surface area contributed by atoms with Crippen LogP contribution in [0.5, 0.6) is 0 Å². The number of hydrogen-bond acceptors (Lipinski definition) is 3. The van der Waals surface area contributed by atoms with Crippen LogP contribution in [0.2, 0.25) is 10.0 Å². The van der Waals surface area contributed by atoms with Crippen molar-refractivity contribution in [2.75, 3.05) is 0 Å². The molecular formula is C17H14Cl2FN3O. The quantitative estimate of drug-likeness (QED) is 0.724. The molecule has 2 aromatic carbocycles. The highest BCUT2D eigenvalue weighted by Gasteiger charge is 2.41. The maximum absolute atomic E-state index is 13.3. The second-order valence-corrected chi connectivity index (χ2v) is 6.36. The summed E-state index contributed by atoms with van der Waals surface area (Å²) in [7, 11) is 0. The van der Waals surface area contributed by atoms with E-state index in [4.69, 9.17) is 23.2 Å². The highest BCUT2D eigenvalue weighted by molar-refractivity contribution is 6.35. The van der Waals surface area contributed by atoms with Gasteiger partial charge in [-0.1, -0.05) is 48.3 Å². The van der Waals surface area contributed by atoms with Gasteiger partial charge in [0.15, 0.2) is 0 Å². The SMILES string of the molecule is CC(c1cn[nH]n1)C(O)(c1ccc(F)cc1)c1ccc(Cl)cc1Cl. The largest absolute Gasteiger partial charge is 0.380 e. The van der Waals surface area contributed by atoms with Crippen molar-refractivity contribution in [3.05, 3.63) is 81.3 Å². The Bertz CT molecular complexity index is 840. The van der Waals surface area contributed by atoms with E-state index in [2.05, 4.69) is 15.4 Å². The summed E-state index contributed by atoms with van der Waals surface area (Å²) in [6, 6.07) is 10.5. The number of aromatic nitrogens is 3. The molecule has 1 aromatic heterocycles. The number of H-pyrrole nitrogens is 1. The molecule has 0 aliphatic rings. The molecule has 0 saturated carbocycles. The fraction of sp³-hybridized carbons (Fsp3) is 0.176. The summed E-state index contributed by atoms with van der Waals surface area (Å²) in [4.78, 5) is 0. The summed E-state index contributed by atoms with van der Waals surface area (Å²) in [5, 5.41) is 22.8. The minimum Gasteiger partial charge on any atom is -0.380 e. The number of benzene rings is 2. The van der Waals surface area contributed by atoms with E-state index in [1.54, 1.807) is 25.1 Å². The first kappa shape index (κ1) is 16.9. The first-order chi connectivity index (χ1) is 11.4. The Hall–Kier alpha value is -1.95. The summed E-state index contributed by atoms with van der Waals surface area (Å²) in [6.07, 6.45) is 1.53. The number of aromatic amines is 1. The highest BCUT2D eigenvalue weighted by atomic mass is 35.5. The topological polar surface area (TPSA) is 61.8 Å². The number of hydrogen-bond donors (Lipinski definition) is 2. The van der Waals surface area contributed by atoms with Gasteiger partial charge < -0.3 is 5.11 Å². The van der Waals surface area contributed by atoms with Gasteiger partial charge >= 0.3 is 0 Å². The van der Waals surface area contributed by atoms with E-state index in [0.717, 1.165) is 0 Å². The van der Waals surface area contributed by atoms with Gasteiger partial charge in [-0.15, -0.1) is 0 Å². The van der Waals surface area contributed by atoms with E-state index in [-0.39, 0.29) is 0 Å². The average Bonchev–Trinajstić information content (AvgIpc) is 3.08. The maximum Gasteiger partial charge on any atom is 0.124 e. The Balaban J connectivity index is 2.22. The molecule has 0 bridgehead atoms. The molecule has 4 nitrogen and oxygen atoms in total. The molecule has 3 rings (SSSR count). The van der Waals surface area contributed by atoms with E-state index < -0.39 is 17.3 Å². The van der Waals surface area contributed by atoms with Crippen LogP contribution in [0.1, 0.15) is 29.7 Å². The van der Waals surface area contributed by atoms with Crippen LogP contribution in [0, 0.1) is 5.82 Å². The van der Waals surface area contributed by atoms with Crippen LogP contribution in [0.25, 0.3) is 0 Å². The number of rotatable bonds is 4. The molecule has 2 atom stereocenters. The Morgan fingerprint density at radius 1 is 1.17 bits per heavy atom. The van der Waals surface area contributed by atoms with Crippen molar-refractivity contribution in [2.45, 2.75) is 18.4 Å². The van der Waals surface area contributed by atoms with Crippen LogP contribution in [-0.4, -0.2) is 20.5 Å². The lowest BCUT2D eigenvalue weighted by Gasteiger charge is -2.35. The smallest absolute Gasteiger partial charge is 0.124 e. The molecule has 0 radical (unpaired) electrons. The second kappa shape index (κ2) is 6.51. The molecule has 0 spiro atoms. The van der Waals surface area contributed by atoms with E-state index in [0.29, 0.717) is 26.9 Å². The number of nitrogens with zero attached hydrogens (tertiary/aromatic N) is 2. The number of halogens is 3. The molecule has 0 amide bonds. The standard InChI is InChI=1S/C17H14Cl2FN3O/c1-10(16-9-21-23-22-16)17(24,11-2-5-13(20)6-3-11)14-7-4-12(18)8-15(14)19/h2-10,24H,1H3,(H,21,22,23). The van der Waals surface area contributed by atoms with Crippen molar-refractivity contribution in [3.8, 4) is 0 Å². The lowest BCUT2D eigenvalue weighted by molar-refractivity contribution is 0.0541. The van der Waals surface area contributed by atoms with Crippen molar-refractivity contribution in [3.63, 3.8) is 0 Å². The Labute approximate surface area is 148 Å².